The van der Waals surface area contributed by atoms with Crippen LogP contribution in [0.3, 0.4) is 0 Å². The molecule has 0 spiro atoms. The van der Waals surface area contributed by atoms with Crippen molar-refractivity contribution in [3.8, 4) is 5.75 Å². The summed E-state index contributed by atoms with van der Waals surface area (Å²) in [6.45, 7) is 4.54. The molecule has 0 fully saturated rings. The lowest BCUT2D eigenvalue weighted by atomic mass is 10.1. The van der Waals surface area contributed by atoms with Crippen molar-refractivity contribution in [3.63, 3.8) is 0 Å². The van der Waals surface area contributed by atoms with Crippen molar-refractivity contribution in [1.82, 2.24) is 0 Å². The van der Waals surface area contributed by atoms with E-state index < -0.39 is 6.10 Å². The molecule has 4 nitrogen and oxygen atoms in total. The molecule has 1 aromatic carbocycles. The minimum absolute atomic E-state index is 0.264. The van der Waals surface area contributed by atoms with E-state index in [2.05, 4.69) is 12.1 Å². The van der Waals surface area contributed by atoms with E-state index in [-0.39, 0.29) is 5.71 Å². The maximum Gasteiger partial charge on any atom is 0.119 e. The Morgan fingerprint density at radius 1 is 1.00 bits per heavy atom. The molecule has 0 amide bonds. The highest BCUT2D eigenvalue weighted by molar-refractivity contribution is 6.03. The monoisotopic (exact) mass is 321 g/mol. The summed E-state index contributed by atoms with van der Waals surface area (Å²) in [5, 5.41) is 21.5. The summed E-state index contributed by atoms with van der Waals surface area (Å²) in [6, 6.07) is 7.27. The van der Waals surface area contributed by atoms with Crippen LogP contribution in [0.2, 0.25) is 0 Å². The van der Waals surface area contributed by atoms with Crippen LogP contribution in [0.5, 0.6) is 5.75 Å². The molecule has 0 heterocycles. The quantitative estimate of drug-likeness (QED) is 0.252. The second-order valence-electron chi connectivity index (χ2n) is 6.01. The SMILES string of the molecule is CCCCCCCCCCOc1ccc(C(=NO)C(C)O)cc1. The number of hydrogen-bond acceptors (Lipinski definition) is 4. The number of aliphatic hydroxyl groups excluding tert-OH is 1. The molecule has 1 atom stereocenters. The van der Waals surface area contributed by atoms with Gasteiger partial charge >= 0.3 is 0 Å². The highest BCUT2D eigenvalue weighted by atomic mass is 16.5. The largest absolute Gasteiger partial charge is 0.494 e. The fourth-order valence-electron chi connectivity index (χ4n) is 2.53. The number of rotatable bonds is 12. The third-order valence-corrected chi connectivity index (χ3v) is 3.92. The van der Waals surface area contributed by atoms with Crippen LogP contribution in [-0.2, 0) is 0 Å². The topological polar surface area (TPSA) is 62.0 Å². The van der Waals surface area contributed by atoms with E-state index in [1.165, 1.54) is 44.9 Å². The first kappa shape index (κ1) is 19.5. The van der Waals surface area contributed by atoms with Gasteiger partial charge in [0.05, 0.1) is 12.7 Å². The first-order valence-electron chi connectivity index (χ1n) is 8.82. The second kappa shape index (κ2) is 11.9. The van der Waals surface area contributed by atoms with Crippen LogP contribution in [-0.4, -0.2) is 28.7 Å². The number of aliphatic hydroxyl groups is 1. The highest BCUT2D eigenvalue weighted by Crippen LogP contribution is 2.15. The third kappa shape index (κ3) is 8.03. The Morgan fingerprint density at radius 2 is 1.57 bits per heavy atom. The molecule has 4 heteroatoms. The summed E-state index contributed by atoms with van der Waals surface area (Å²) >= 11 is 0. The molecular formula is C19H31NO3. The predicted molar refractivity (Wildman–Crippen MR) is 94.6 cm³/mol. The summed E-state index contributed by atoms with van der Waals surface area (Å²) in [6.07, 6.45) is 9.49. The Morgan fingerprint density at radius 3 is 2.09 bits per heavy atom. The Labute approximate surface area is 140 Å². The van der Waals surface area contributed by atoms with Crippen molar-refractivity contribution < 1.29 is 15.1 Å². The second-order valence-corrected chi connectivity index (χ2v) is 6.01. The zero-order valence-corrected chi connectivity index (χ0v) is 14.5. The van der Waals surface area contributed by atoms with E-state index in [1.54, 1.807) is 19.1 Å². The summed E-state index contributed by atoms with van der Waals surface area (Å²) in [7, 11) is 0. The van der Waals surface area contributed by atoms with E-state index in [1.807, 2.05) is 12.1 Å². The fraction of sp³-hybridized carbons (Fsp3) is 0.632. The molecule has 0 saturated heterocycles. The van der Waals surface area contributed by atoms with Gasteiger partial charge in [-0.05, 0) is 37.6 Å². The molecule has 1 aromatic rings. The smallest absolute Gasteiger partial charge is 0.119 e. The maximum atomic E-state index is 9.50. The standard InChI is InChI=1S/C19H31NO3/c1-3-4-5-6-7-8-9-10-15-23-18-13-11-17(12-14-18)19(20-22)16(2)21/h11-14,16,21-22H,3-10,15H2,1-2H3. The first-order chi connectivity index (χ1) is 11.2. The molecule has 23 heavy (non-hydrogen) atoms. The lowest BCUT2D eigenvalue weighted by Gasteiger charge is -2.09. The van der Waals surface area contributed by atoms with Crippen LogP contribution >= 0.6 is 0 Å². The summed E-state index contributed by atoms with van der Waals surface area (Å²) in [5.41, 5.74) is 0.960. The van der Waals surface area contributed by atoms with Crippen molar-refractivity contribution in [2.75, 3.05) is 6.61 Å². The number of unbranched alkanes of at least 4 members (excludes halogenated alkanes) is 7. The minimum Gasteiger partial charge on any atom is -0.494 e. The summed E-state index contributed by atoms with van der Waals surface area (Å²) in [4.78, 5) is 0. The van der Waals surface area contributed by atoms with Gasteiger partial charge in [-0.1, -0.05) is 57.0 Å². The van der Waals surface area contributed by atoms with Gasteiger partial charge in [-0.15, -0.1) is 0 Å². The van der Waals surface area contributed by atoms with Gasteiger partial charge in [0.1, 0.15) is 11.5 Å². The number of hydrogen-bond donors (Lipinski definition) is 2. The maximum absolute atomic E-state index is 9.50. The van der Waals surface area contributed by atoms with Gasteiger partial charge in [0.2, 0.25) is 0 Å². The Hall–Kier alpha value is -1.55. The first-order valence-corrected chi connectivity index (χ1v) is 8.82. The van der Waals surface area contributed by atoms with Crippen LogP contribution in [0.4, 0.5) is 0 Å². The summed E-state index contributed by atoms with van der Waals surface area (Å²) < 4.78 is 5.72. The molecular weight excluding hydrogens is 290 g/mol. The van der Waals surface area contributed by atoms with Gasteiger partial charge < -0.3 is 15.1 Å². The molecule has 0 bridgehead atoms. The van der Waals surface area contributed by atoms with Crippen LogP contribution in [0.15, 0.2) is 29.4 Å². The lowest BCUT2D eigenvalue weighted by Crippen LogP contribution is -2.17. The van der Waals surface area contributed by atoms with Gasteiger partial charge in [-0.3, -0.25) is 0 Å². The van der Waals surface area contributed by atoms with Crippen molar-refractivity contribution in [3.05, 3.63) is 29.8 Å². The van der Waals surface area contributed by atoms with Gasteiger partial charge in [0.25, 0.3) is 0 Å². The predicted octanol–water partition coefficient (Wildman–Crippen LogP) is 4.77. The minimum atomic E-state index is -0.802. The normalized spacial score (nSPS) is 13.1. The Kier molecular flexibility index (Phi) is 10.1. The van der Waals surface area contributed by atoms with Gasteiger partial charge in [0, 0.05) is 5.56 Å². The fourth-order valence-corrected chi connectivity index (χ4v) is 2.53. The zero-order valence-electron chi connectivity index (χ0n) is 14.5. The third-order valence-electron chi connectivity index (χ3n) is 3.92. The van der Waals surface area contributed by atoms with Crippen LogP contribution in [0.1, 0.15) is 70.8 Å². The van der Waals surface area contributed by atoms with E-state index in [0.717, 1.165) is 18.8 Å². The van der Waals surface area contributed by atoms with Crippen LogP contribution in [0, 0.1) is 0 Å². The highest BCUT2D eigenvalue weighted by Gasteiger charge is 2.10. The van der Waals surface area contributed by atoms with Crippen molar-refractivity contribution in [2.24, 2.45) is 5.16 Å². The summed E-state index contributed by atoms with van der Waals surface area (Å²) in [5.74, 6) is 0.805. The molecule has 2 N–H and O–H groups in total. The van der Waals surface area contributed by atoms with E-state index in [0.29, 0.717) is 5.56 Å². The molecule has 0 saturated carbocycles. The molecule has 0 aliphatic heterocycles. The van der Waals surface area contributed by atoms with Gasteiger partial charge in [-0.25, -0.2) is 0 Å². The Balaban J connectivity index is 2.19. The molecule has 1 rings (SSSR count). The average Bonchev–Trinajstić information content (AvgIpc) is 2.55. The van der Waals surface area contributed by atoms with Crippen molar-refractivity contribution in [1.29, 1.82) is 0 Å². The number of ether oxygens (including phenoxy) is 1. The van der Waals surface area contributed by atoms with Crippen molar-refractivity contribution >= 4 is 5.71 Å². The van der Waals surface area contributed by atoms with E-state index >= 15 is 0 Å². The van der Waals surface area contributed by atoms with Crippen LogP contribution in [0.25, 0.3) is 0 Å². The zero-order chi connectivity index (χ0) is 16.9. The number of oxime groups is 1. The average molecular weight is 321 g/mol. The Bertz CT molecular complexity index is 440. The van der Waals surface area contributed by atoms with E-state index in [4.69, 9.17) is 9.94 Å². The lowest BCUT2D eigenvalue weighted by molar-refractivity contribution is 0.248. The van der Waals surface area contributed by atoms with Gasteiger partial charge in [0.15, 0.2) is 0 Å². The van der Waals surface area contributed by atoms with E-state index in [9.17, 15) is 5.11 Å². The van der Waals surface area contributed by atoms with Crippen molar-refractivity contribution in [2.45, 2.75) is 71.3 Å². The van der Waals surface area contributed by atoms with Crippen LogP contribution < -0.4 is 4.74 Å². The molecule has 130 valence electrons. The molecule has 0 aromatic heterocycles. The molecule has 0 aliphatic rings. The number of nitrogens with zero attached hydrogens (tertiary/aromatic N) is 1. The number of benzene rings is 1. The molecule has 1 unspecified atom stereocenters. The van der Waals surface area contributed by atoms with Gasteiger partial charge in [-0.2, -0.15) is 0 Å². The molecule has 0 aliphatic carbocycles. The molecule has 0 radical (unpaired) electrons.